The summed E-state index contributed by atoms with van der Waals surface area (Å²) in [6.07, 6.45) is 4.94. The molecule has 2 aliphatic rings. The lowest BCUT2D eigenvalue weighted by atomic mass is 9.81. The number of carbonyl (C=O) groups excluding carboxylic acids is 2. The summed E-state index contributed by atoms with van der Waals surface area (Å²) in [4.78, 5) is 40.1. The molecule has 1 aliphatic carbocycles. The van der Waals surface area contributed by atoms with Crippen molar-refractivity contribution < 1.29 is 19.4 Å². The molecule has 1 aromatic heterocycles. The molecule has 1 aromatic carbocycles. The van der Waals surface area contributed by atoms with E-state index in [2.05, 4.69) is 10.2 Å². The van der Waals surface area contributed by atoms with Crippen LogP contribution < -0.4 is 11.0 Å². The van der Waals surface area contributed by atoms with E-state index < -0.39 is 11.6 Å². The minimum atomic E-state index is -0.991. The molecule has 192 valence electrons. The summed E-state index contributed by atoms with van der Waals surface area (Å²) in [5.41, 5.74) is -0.0838. The van der Waals surface area contributed by atoms with Gasteiger partial charge in [0.2, 0.25) is 0 Å². The number of imidazole rings is 1. The zero-order chi connectivity index (χ0) is 25.2. The Kier molecular flexibility index (Phi) is 7.66. The SMILES string of the molecule is COC(=O)C1CCC(CN2CCC(O)(CNC(=O)n3c(=O)n(C(C)C)c4ccccc43)CC2)CC1. The van der Waals surface area contributed by atoms with E-state index in [9.17, 15) is 19.5 Å². The lowest BCUT2D eigenvalue weighted by Crippen LogP contribution is -2.52. The number of para-hydroxylation sites is 2. The van der Waals surface area contributed by atoms with Gasteiger partial charge in [0, 0.05) is 32.2 Å². The van der Waals surface area contributed by atoms with E-state index in [0.717, 1.165) is 50.8 Å². The quantitative estimate of drug-likeness (QED) is 0.609. The fraction of sp³-hybridized carbons (Fsp3) is 0.654. The van der Waals surface area contributed by atoms with E-state index in [0.29, 0.717) is 24.3 Å². The number of amides is 1. The normalized spacial score (nSPS) is 22.9. The highest BCUT2D eigenvalue weighted by Crippen LogP contribution is 2.31. The second-order valence-corrected chi connectivity index (χ2v) is 10.5. The van der Waals surface area contributed by atoms with Gasteiger partial charge in [-0.25, -0.2) is 14.2 Å². The Bertz CT molecular complexity index is 1100. The second kappa shape index (κ2) is 10.5. The summed E-state index contributed by atoms with van der Waals surface area (Å²) in [7, 11) is 1.45. The number of carbonyl (C=O) groups is 2. The Balaban J connectivity index is 1.30. The molecule has 4 rings (SSSR count). The van der Waals surface area contributed by atoms with Gasteiger partial charge in [-0.1, -0.05) is 12.1 Å². The maximum atomic E-state index is 13.0. The highest BCUT2D eigenvalue weighted by molar-refractivity contribution is 5.89. The Morgan fingerprint density at radius 2 is 1.74 bits per heavy atom. The highest BCUT2D eigenvalue weighted by Gasteiger charge is 2.35. The molecular formula is C26H38N4O5. The number of piperidine rings is 1. The molecule has 1 saturated heterocycles. The van der Waals surface area contributed by atoms with Gasteiger partial charge in [-0.2, -0.15) is 0 Å². The van der Waals surface area contributed by atoms with Crippen LogP contribution in [0.1, 0.15) is 58.4 Å². The molecule has 2 heterocycles. The Morgan fingerprint density at radius 1 is 1.11 bits per heavy atom. The first-order chi connectivity index (χ1) is 16.7. The third-order valence-corrected chi connectivity index (χ3v) is 7.75. The van der Waals surface area contributed by atoms with Crippen LogP contribution in [0.3, 0.4) is 0 Å². The molecule has 35 heavy (non-hydrogen) atoms. The van der Waals surface area contributed by atoms with Gasteiger partial charge in [-0.15, -0.1) is 0 Å². The summed E-state index contributed by atoms with van der Waals surface area (Å²) >= 11 is 0. The maximum Gasteiger partial charge on any atom is 0.337 e. The van der Waals surface area contributed by atoms with Crippen LogP contribution in [0.5, 0.6) is 0 Å². The standard InChI is InChI=1S/C26H38N4O5/c1-18(2)29-21-6-4-5-7-22(21)30(25(29)33)24(32)27-17-26(34)12-14-28(15-13-26)16-19-8-10-20(11-9-19)23(31)35-3/h4-7,18-20,34H,8-17H2,1-3H3,(H,27,32). The van der Waals surface area contributed by atoms with Crippen LogP contribution in [0.25, 0.3) is 11.0 Å². The molecular weight excluding hydrogens is 448 g/mol. The average Bonchev–Trinajstić information content (AvgIpc) is 3.16. The number of aromatic nitrogens is 2. The van der Waals surface area contributed by atoms with E-state index in [4.69, 9.17) is 4.74 Å². The van der Waals surface area contributed by atoms with Crippen molar-refractivity contribution >= 4 is 23.0 Å². The zero-order valence-electron chi connectivity index (χ0n) is 21.0. The largest absolute Gasteiger partial charge is 0.469 e. The molecule has 0 spiro atoms. The van der Waals surface area contributed by atoms with Crippen LogP contribution in [0.15, 0.2) is 29.1 Å². The molecule has 0 bridgehead atoms. The lowest BCUT2D eigenvalue weighted by Gasteiger charge is -2.40. The van der Waals surface area contributed by atoms with Crippen LogP contribution in [0.2, 0.25) is 0 Å². The van der Waals surface area contributed by atoms with Crippen molar-refractivity contribution in [2.45, 2.75) is 64.0 Å². The molecule has 2 aromatic rings. The number of esters is 1. The molecule has 2 N–H and O–H groups in total. The summed E-state index contributed by atoms with van der Waals surface area (Å²) in [6.45, 7) is 6.43. The van der Waals surface area contributed by atoms with Crippen LogP contribution >= 0.6 is 0 Å². The van der Waals surface area contributed by atoms with Crippen LogP contribution in [-0.2, 0) is 9.53 Å². The molecule has 1 saturated carbocycles. The van der Waals surface area contributed by atoms with E-state index in [1.807, 2.05) is 26.0 Å². The number of aliphatic hydroxyl groups is 1. The third kappa shape index (κ3) is 5.46. The second-order valence-electron chi connectivity index (χ2n) is 10.5. The van der Waals surface area contributed by atoms with Crippen molar-refractivity contribution in [2.24, 2.45) is 11.8 Å². The Labute approximate surface area is 206 Å². The third-order valence-electron chi connectivity index (χ3n) is 7.75. The van der Waals surface area contributed by atoms with Crippen LogP contribution in [0.4, 0.5) is 4.79 Å². The molecule has 2 fully saturated rings. The van der Waals surface area contributed by atoms with Gasteiger partial charge in [0.25, 0.3) is 0 Å². The van der Waals surface area contributed by atoms with E-state index in [-0.39, 0.29) is 30.2 Å². The molecule has 1 aliphatic heterocycles. The first-order valence-corrected chi connectivity index (χ1v) is 12.7. The fourth-order valence-corrected chi connectivity index (χ4v) is 5.63. The van der Waals surface area contributed by atoms with Gasteiger partial charge < -0.3 is 20.1 Å². The lowest BCUT2D eigenvalue weighted by molar-refractivity contribution is -0.146. The molecule has 0 unspecified atom stereocenters. The molecule has 0 atom stereocenters. The average molecular weight is 487 g/mol. The number of hydrogen-bond acceptors (Lipinski definition) is 6. The number of ether oxygens (including phenoxy) is 1. The minimum Gasteiger partial charge on any atom is -0.469 e. The molecule has 1 amide bonds. The van der Waals surface area contributed by atoms with E-state index >= 15 is 0 Å². The van der Waals surface area contributed by atoms with Crippen LogP contribution in [-0.4, -0.2) is 70.0 Å². The number of nitrogens with zero attached hydrogens (tertiary/aromatic N) is 3. The van der Waals surface area contributed by atoms with Crippen molar-refractivity contribution in [1.29, 1.82) is 0 Å². The van der Waals surface area contributed by atoms with Crippen molar-refractivity contribution in [3.8, 4) is 0 Å². The van der Waals surface area contributed by atoms with Gasteiger partial charge in [0.1, 0.15) is 0 Å². The predicted octanol–water partition coefficient (Wildman–Crippen LogP) is 2.75. The topological polar surface area (TPSA) is 106 Å². The van der Waals surface area contributed by atoms with Gasteiger partial charge in [0.15, 0.2) is 0 Å². The van der Waals surface area contributed by atoms with E-state index in [1.165, 1.54) is 11.7 Å². The summed E-state index contributed by atoms with van der Waals surface area (Å²) < 4.78 is 7.65. The number of fused-ring (bicyclic) bond motifs is 1. The van der Waals surface area contributed by atoms with E-state index in [1.54, 1.807) is 16.7 Å². The predicted molar refractivity (Wildman–Crippen MR) is 133 cm³/mol. The molecule has 9 heteroatoms. The Hall–Kier alpha value is -2.65. The van der Waals surface area contributed by atoms with Gasteiger partial charge in [0.05, 0.1) is 29.7 Å². The monoisotopic (exact) mass is 486 g/mol. The van der Waals surface area contributed by atoms with Gasteiger partial charge >= 0.3 is 17.7 Å². The summed E-state index contributed by atoms with van der Waals surface area (Å²) in [5, 5.41) is 13.9. The number of nitrogens with one attached hydrogen (secondary N) is 1. The highest BCUT2D eigenvalue weighted by atomic mass is 16.5. The number of benzene rings is 1. The zero-order valence-corrected chi connectivity index (χ0v) is 21.0. The maximum absolute atomic E-state index is 13.0. The van der Waals surface area contributed by atoms with Crippen molar-refractivity contribution in [1.82, 2.24) is 19.4 Å². The van der Waals surface area contributed by atoms with Crippen LogP contribution in [0, 0.1) is 11.8 Å². The summed E-state index contributed by atoms with van der Waals surface area (Å²) in [6, 6.07) is 6.67. The number of likely N-dealkylation sites (tertiary alicyclic amines) is 1. The van der Waals surface area contributed by atoms with Gasteiger partial charge in [-0.05, 0) is 70.4 Å². The number of hydrogen-bond donors (Lipinski definition) is 2. The summed E-state index contributed by atoms with van der Waals surface area (Å²) in [5.74, 6) is 0.505. The number of methoxy groups -OCH3 is 1. The molecule has 0 radical (unpaired) electrons. The number of rotatable bonds is 6. The van der Waals surface area contributed by atoms with Crippen molar-refractivity contribution in [2.75, 3.05) is 33.3 Å². The minimum absolute atomic E-state index is 0.0355. The first kappa shape index (κ1) is 25.4. The van der Waals surface area contributed by atoms with Crippen molar-refractivity contribution in [3.63, 3.8) is 0 Å². The fourth-order valence-electron chi connectivity index (χ4n) is 5.63. The smallest absolute Gasteiger partial charge is 0.337 e. The van der Waals surface area contributed by atoms with Crippen molar-refractivity contribution in [3.05, 3.63) is 34.7 Å². The Morgan fingerprint density at radius 3 is 2.34 bits per heavy atom. The van der Waals surface area contributed by atoms with Gasteiger partial charge in [-0.3, -0.25) is 9.36 Å². The molecule has 9 nitrogen and oxygen atoms in total. The first-order valence-electron chi connectivity index (χ1n) is 12.7.